The van der Waals surface area contributed by atoms with Crippen LogP contribution in [0.3, 0.4) is 0 Å². The van der Waals surface area contributed by atoms with Crippen LogP contribution >= 0.6 is 0 Å². The van der Waals surface area contributed by atoms with Crippen molar-refractivity contribution in [1.82, 2.24) is 9.88 Å². The Morgan fingerprint density at radius 1 is 1.11 bits per heavy atom. The van der Waals surface area contributed by atoms with Crippen molar-refractivity contribution in [3.63, 3.8) is 0 Å². The Bertz CT molecular complexity index is 819. The first kappa shape index (κ1) is 20.5. The van der Waals surface area contributed by atoms with Crippen LogP contribution in [0.25, 0.3) is 0 Å². The summed E-state index contributed by atoms with van der Waals surface area (Å²) in [6.07, 6.45) is 2.83. The van der Waals surface area contributed by atoms with Crippen molar-refractivity contribution in [3.05, 3.63) is 64.5 Å². The summed E-state index contributed by atoms with van der Waals surface area (Å²) in [5.41, 5.74) is 5.40. The number of rotatable bonds is 5. The molecule has 1 aliphatic heterocycles. The van der Waals surface area contributed by atoms with E-state index in [1.165, 1.54) is 22.4 Å². The third-order valence-electron chi connectivity index (χ3n) is 5.79. The van der Waals surface area contributed by atoms with E-state index in [1.54, 1.807) is 7.11 Å². The number of methoxy groups -OCH3 is 1. The first-order chi connectivity index (χ1) is 13.3. The number of hydrogen-bond donors (Lipinski definition) is 0. The second kappa shape index (κ2) is 8.44. The third-order valence-corrected chi connectivity index (χ3v) is 5.79. The summed E-state index contributed by atoms with van der Waals surface area (Å²) < 4.78 is 5.36. The summed E-state index contributed by atoms with van der Waals surface area (Å²) >= 11 is 0. The van der Waals surface area contributed by atoms with Crippen LogP contribution in [0.2, 0.25) is 0 Å². The molecule has 3 rings (SSSR count). The standard InChI is InChI=1S/C24H32N2O2/c1-17-6-8-19(9-7-17)15-20-14-18(2)25-22(16-20)21-10-12-26(13-11-21)23(27)24(3,4)28-5/h6-9,14,16,21H,10-13,15H2,1-5H3. The number of carbonyl (C=O) groups is 1. The molecule has 0 saturated carbocycles. The number of piperidine rings is 1. The number of benzene rings is 1. The van der Waals surface area contributed by atoms with Gasteiger partial charge in [0.2, 0.25) is 0 Å². The highest BCUT2D eigenvalue weighted by atomic mass is 16.5. The fourth-order valence-electron chi connectivity index (χ4n) is 3.87. The number of likely N-dealkylation sites (tertiary alicyclic amines) is 1. The molecule has 1 amide bonds. The molecule has 0 atom stereocenters. The Morgan fingerprint density at radius 2 is 1.75 bits per heavy atom. The van der Waals surface area contributed by atoms with Gasteiger partial charge in [-0.15, -0.1) is 0 Å². The van der Waals surface area contributed by atoms with Gasteiger partial charge in [-0.05, 0) is 70.2 Å². The summed E-state index contributed by atoms with van der Waals surface area (Å²) in [5, 5.41) is 0. The lowest BCUT2D eigenvalue weighted by Crippen LogP contribution is -2.49. The summed E-state index contributed by atoms with van der Waals surface area (Å²) in [6, 6.07) is 13.2. The molecule has 0 aliphatic carbocycles. The highest BCUT2D eigenvalue weighted by Gasteiger charge is 2.34. The second-order valence-corrected chi connectivity index (χ2v) is 8.48. The topological polar surface area (TPSA) is 42.4 Å². The van der Waals surface area contributed by atoms with Crippen molar-refractivity contribution in [1.29, 1.82) is 0 Å². The predicted molar refractivity (Wildman–Crippen MR) is 113 cm³/mol. The van der Waals surface area contributed by atoms with Crippen LogP contribution in [-0.2, 0) is 16.0 Å². The van der Waals surface area contributed by atoms with Crippen molar-refractivity contribution >= 4 is 5.91 Å². The van der Waals surface area contributed by atoms with Gasteiger partial charge in [-0.3, -0.25) is 9.78 Å². The smallest absolute Gasteiger partial charge is 0.254 e. The van der Waals surface area contributed by atoms with Gasteiger partial charge in [-0.2, -0.15) is 0 Å². The summed E-state index contributed by atoms with van der Waals surface area (Å²) in [7, 11) is 1.59. The Morgan fingerprint density at radius 3 is 2.36 bits per heavy atom. The van der Waals surface area contributed by atoms with E-state index in [2.05, 4.69) is 50.2 Å². The molecule has 1 fully saturated rings. The van der Waals surface area contributed by atoms with Crippen LogP contribution in [0, 0.1) is 13.8 Å². The quantitative estimate of drug-likeness (QED) is 0.771. The van der Waals surface area contributed by atoms with Crippen LogP contribution in [0.5, 0.6) is 0 Å². The van der Waals surface area contributed by atoms with E-state index in [0.29, 0.717) is 5.92 Å². The molecule has 4 nitrogen and oxygen atoms in total. The maximum Gasteiger partial charge on any atom is 0.254 e. The van der Waals surface area contributed by atoms with Crippen molar-refractivity contribution < 1.29 is 9.53 Å². The zero-order valence-electron chi connectivity index (χ0n) is 17.8. The number of hydrogen-bond acceptors (Lipinski definition) is 3. The predicted octanol–water partition coefficient (Wildman–Crippen LogP) is 4.42. The number of aromatic nitrogens is 1. The van der Waals surface area contributed by atoms with Crippen LogP contribution in [0.4, 0.5) is 0 Å². The summed E-state index contributed by atoms with van der Waals surface area (Å²) in [4.78, 5) is 19.4. The first-order valence-electron chi connectivity index (χ1n) is 10.2. The van der Waals surface area contributed by atoms with E-state index in [4.69, 9.17) is 9.72 Å². The number of pyridine rings is 1. The molecule has 150 valence electrons. The number of carbonyl (C=O) groups excluding carboxylic acids is 1. The van der Waals surface area contributed by atoms with Crippen LogP contribution in [0.15, 0.2) is 36.4 Å². The molecule has 2 heterocycles. The van der Waals surface area contributed by atoms with Gasteiger partial charge in [0.15, 0.2) is 0 Å². The average Bonchev–Trinajstić information content (AvgIpc) is 2.69. The van der Waals surface area contributed by atoms with E-state index < -0.39 is 5.60 Å². The number of nitrogens with zero attached hydrogens (tertiary/aromatic N) is 2. The van der Waals surface area contributed by atoms with E-state index in [9.17, 15) is 4.79 Å². The van der Waals surface area contributed by atoms with Crippen molar-refractivity contribution in [2.24, 2.45) is 0 Å². The molecular weight excluding hydrogens is 348 g/mol. The average molecular weight is 381 g/mol. The first-order valence-corrected chi connectivity index (χ1v) is 10.2. The van der Waals surface area contributed by atoms with Crippen molar-refractivity contribution in [2.75, 3.05) is 20.2 Å². The van der Waals surface area contributed by atoms with Gasteiger partial charge in [0, 0.05) is 37.5 Å². The molecule has 1 aromatic heterocycles. The molecular formula is C24H32N2O2. The molecule has 1 saturated heterocycles. The van der Waals surface area contributed by atoms with Gasteiger partial charge in [0.05, 0.1) is 0 Å². The van der Waals surface area contributed by atoms with Crippen molar-refractivity contribution in [3.8, 4) is 0 Å². The van der Waals surface area contributed by atoms with Gasteiger partial charge < -0.3 is 9.64 Å². The zero-order chi connectivity index (χ0) is 20.3. The van der Waals surface area contributed by atoms with Crippen LogP contribution < -0.4 is 0 Å². The van der Waals surface area contributed by atoms with Gasteiger partial charge >= 0.3 is 0 Å². The minimum Gasteiger partial charge on any atom is -0.369 e. The number of aryl methyl sites for hydroxylation is 2. The van der Waals surface area contributed by atoms with E-state index in [0.717, 1.165) is 38.0 Å². The molecule has 28 heavy (non-hydrogen) atoms. The number of ether oxygens (including phenoxy) is 1. The molecule has 4 heteroatoms. The lowest BCUT2D eigenvalue weighted by atomic mass is 9.90. The zero-order valence-corrected chi connectivity index (χ0v) is 17.8. The molecule has 1 aromatic carbocycles. The largest absolute Gasteiger partial charge is 0.369 e. The summed E-state index contributed by atoms with van der Waals surface area (Å²) in [5.74, 6) is 0.483. The van der Waals surface area contributed by atoms with E-state index in [-0.39, 0.29) is 5.91 Å². The Kier molecular flexibility index (Phi) is 6.19. The molecule has 0 unspecified atom stereocenters. The van der Waals surface area contributed by atoms with Crippen LogP contribution in [-0.4, -0.2) is 41.6 Å². The normalized spacial score (nSPS) is 15.7. The van der Waals surface area contributed by atoms with E-state index >= 15 is 0 Å². The second-order valence-electron chi connectivity index (χ2n) is 8.48. The lowest BCUT2D eigenvalue weighted by molar-refractivity contribution is -0.152. The number of amides is 1. The Labute approximate surface area is 168 Å². The highest BCUT2D eigenvalue weighted by molar-refractivity contribution is 5.84. The van der Waals surface area contributed by atoms with Gasteiger partial charge in [0.1, 0.15) is 5.60 Å². The Balaban J connectivity index is 1.68. The molecule has 0 radical (unpaired) electrons. The molecule has 0 spiro atoms. The van der Waals surface area contributed by atoms with Gasteiger partial charge in [-0.1, -0.05) is 29.8 Å². The highest BCUT2D eigenvalue weighted by Crippen LogP contribution is 2.29. The van der Waals surface area contributed by atoms with Crippen LogP contribution in [0.1, 0.15) is 60.7 Å². The Hall–Kier alpha value is -2.20. The third kappa shape index (κ3) is 4.79. The molecule has 0 N–H and O–H groups in total. The molecule has 2 aromatic rings. The van der Waals surface area contributed by atoms with Crippen molar-refractivity contribution in [2.45, 2.75) is 58.5 Å². The van der Waals surface area contributed by atoms with E-state index in [1.807, 2.05) is 18.7 Å². The van der Waals surface area contributed by atoms with Gasteiger partial charge in [-0.25, -0.2) is 0 Å². The fraction of sp³-hybridized carbons (Fsp3) is 0.500. The minimum atomic E-state index is -0.754. The fourth-order valence-corrected chi connectivity index (χ4v) is 3.87. The molecule has 1 aliphatic rings. The lowest BCUT2D eigenvalue weighted by Gasteiger charge is -2.36. The molecule has 0 bridgehead atoms. The van der Waals surface area contributed by atoms with Gasteiger partial charge in [0.25, 0.3) is 5.91 Å². The summed E-state index contributed by atoms with van der Waals surface area (Å²) in [6.45, 7) is 9.38. The SMILES string of the molecule is COC(C)(C)C(=O)N1CCC(c2cc(Cc3ccc(C)cc3)cc(C)n2)CC1. The monoisotopic (exact) mass is 380 g/mol. The maximum atomic E-state index is 12.6. The minimum absolute atomic E-state index is 0.0747. The maximum absolute atomic E-state index is 12.6.